The van der Waals surface area contributed by atoms with Gasteiger partial charge in [0.2, 0.25) is 0 Å². The fraction of sp³-hybridized carbons (Fsp3) is 1.00. The van der Waals surface area contributed by atoms with E-state index in [1.165, 1.54) is 0 Å². The van der Waals surface area contributed by atoms with Gasteiger partial charge in [-0.3, -0.25) is 4.90 Å². The third kappa shape index (κ3) is 3.89. The second-order valence-electron chi connectivity index (χ2n) is 6.67. The molecule has 2 rings (SSSR count). The summed E-state index contributed by atoms with van der Waals surface area (Å²) < 4.78 is 11.3. The maximum absolute atomic E-state index is 9.37. The van der Waals surface area contributed by atoms with Crippen LogP contribution in [0.5, 0.6) is 0 Å². The lowest BCUT2D eigenvalue weighted by Gasteiger charge is -2.47. The van der Waals surface area contributed by atoms with Gasteiger partial charge in [0.25, 0.3) is 0 Å². The molecule has 1 atom stereocenters. The third-order valence-electron chi connectivity index (χ3n) is 4.30. The van der Waals surface area contributed by atoms with Gasteiger partial charge >= 0.3 is 0 Å². The number of rotatable bonds is 4. The summed E-state index contributed by atoms with van der Waals surface area (Å²) in [6.07, 6.45) is 1.98. The first-order chi connectivity index (χ1) is 8.99. The molecular weight excluding hydrogens is 244 g/mol. The number of hydrogen-bond acceptors (Lipinski definition) is 5. The molecule has 2 fully saturated rings. The number of aliphatic hydroxyl groups excluding tert-OH is 1. The summed E-state index contributed by atoms with van der Waals surface area (Å²) in [5, 5.41) is 9.37. The van der Waals surface area contributed by atoms with E-state index >= 15 is 0 Å². The fourth-order valence-corrected chi connectivity index (χ4v) is 3.34. The van der Waals surface area contributed by atoms with Crippen LogP contribution in [-0.2, 0) is 9.47 Å². The van der Waals surface area contributed by atoms with Gasteiger partial charge in [0.15, 0.2) is 0 Å². The van der Waals surface area contributed by atoms with Crippen LogP contribution in [0, 0.1) is 5.41 Å². The molecule has 2 heterocycles. The van der Waals surface area contributed by atoms with Crippen LogP contribution in [0.3, 0.4) is 0 Å². The molecule has 0 radical (unpaired) electrons. The topological polar surface area (TPSA) is 68.0 Å². The normalized spacial score (nSPS) is 31.3. The van der Waals surface area contributed by atoms with Crippen LogP contribution in [0.4, 0.5) is 0 Å². The molecule has 19 heavy (non-hydrogen) atoms. The predicted octanol–water partition coefficient (Wildman–Crippen LogP) is 0.214. The molecular formula is C14H28N2O3. The first-order valence-electron chi connectivity index (χ1n) is 7.27. The Labute approximate surface area is 116 Å². The van der Waals surface area contributed by atoms with Crippen LogP contribution in [-0.4, -0.2) is 67.7 Å². The van der Waals surface area contributed by atoms with Gasteiger partial charge in [0.05, 0.1) is 18.3 Å². The SMILES string of the molecule is CC1(C)CN(CC2(CN)CCOCC2)CC(CO)O1. The van der Waals surface area contributed by atoms with Gasteiger partial charge in [-0.2, -0.15) is 0 Å². The molecule has 112 valence electrons. The Morgan fingerprint density at radius 1 is 1.32 bits per heavy atom. The molecule has 5 heteroatoms. The van der Waals surface area contributed by atoms with Crippen LogP contribution in [0.15, 0.2) is 0 Å². The van der Waals surface area contributed by atoms with E-state index < -0.39 is 0 Å². The zero-order chi connectivity index (χ0) is 13.9. The van der Waals surface area contributed by atoms with Gasteiger partial charge in [0, 0.05) is 32.8 Å². The minimum absolute atomic E-state index is 0.0820. The van der Waals surface area contributed by atoms with Crippen LogP contribution in [0.1, 0.15) is 26.7 Å². The van der Waals surface area contributed by atoms with E-state index in [2.05, 4.69) is 18.7 Å². The van der Waals surface area contributed by atoms with Crippen LogP contribution in [0.25, 0.3) is 0 Å². The van der Waals surface area contributed by atoms with Crippen LogP contribution >= 0.6 is 0 Å². The molecule has 0 aromatic carbocycles. The molecule has 0 aromatic heterocycles. The maximum atomic E-state index is 9.37. The van der Waals surface area contributed by atoms with E-state index in [9.17, 15) is 5.11 Å². The van der Waals surface area contributed by atoms with Gasteiger partial charge in [-0.1, -0.05) is 0 Å². The molecule has 1 unspecified atom stereocenters. The minimum atomic E-state index is -0.202. The van der Waals surface area contributed by atoms with Gasteiger partial charge in [-0.05, 0) is 38.6 Å². The quantitative estimate of drug-likeness (QED) is 0.766. The van der Waals surface area contributed by atoms with Gasteiger partial charge in [0.1, 0.15) is 0 Å². The molecule has 0 bridgehead atoms. The molecule has 0 aliphatic carbocycles. The lowest BCUT2D eigenvalue weighted by Crippen LogP contribution is -2.57. The van der Waals surface area contributed by atoms with E-state index in [-0.39, 0.29) is 23.7 Å². The largest absolute Gasteiger partial charge is 0.394 e. The van der Waals surface area contributed by atoms with E-state index in [1.54, 1.807) is 0 Å². The number of ether oxygens (including phenoxy) is 2. The zero-order valence-corrected chi connectivity index (χ0v) is 12.2. The second kappa shape index (κ2) is 6.06. The Kier molecular flexibility index (Phi) is 4.84. The van der Waals surface area contributed by atoms with Crippen molar-refractivity contribution < 1.29 is 14.6 Å². The highest BCUT2D eigenvalue weighted by molar-refractivity contribution is 4.91. The molecule has 2 aliphatic heterocycles. The highest BCUT2D eigenvalue weighted by atomic mass is 16.5. The number of aliphatic hydroxyl groups is 1. The van der Waals surface area contributed by atoms with Crippen LogP contribution < -0.4 is 5.73 Å². The molecule has 0 saturated carbocycles. The van der Waals surface area contributed by atoms with E-state index in [0.717, 1.165) is 45.7 Å². The average Bonchev–Trinajstić information content (AvgIpc) is 2.38. The monoisotopic (exact) mass is 272 g/mol. The summed E-state index contributed by atoms with van der Waals surface area (Å²) in [7, 11) is 0. The Morgan fingerprint density at radius 2 is 2.00 bits per heavy atom. The first-order valence-corrected chi connectivity index (χ1v) is 7.27. The number of morpholine rings is 1. The number of nitrogens with two attached hydrogens (primary N) is 1. The fourth-order valence-electron chi connectivity index (χ4n) is 3.34. The van der Waals surface area contributed by atoms with Crippen molar-refractivity contribution in [3.05, 3.63) is 0 Å². The Hall–Kier alpha value is -0.200. The lowest BCUT2D eigenvalue weighted by molar-refractivity contribution is -0.156. The van der Waals surface area contributed by atoms with Crippen molar-refractivity contribution in [1.82, 2.24) is 4.90 Å². The van der Waals surface area contributed by atoms with Crippen molar-refractivity contribution in [3.63, 3.8) is 0 Å². The molecule has 2 aliphatic rings. The average molecular weight is 272 g/mol. The van der Waals surface area contributed by atoms with Crippen molar-refractivity contribution in [3.8, 4) is 0 Å². The highest BCUT2D eigenvalue weighted by Gasteiger charge is 2.38. The Balaban J connectivity index is 2.00. The summed E-state index contributed by atoms with van der Waals surface area (Å²) in [4.78, 5) is 2.41. The number of nitrogens with zero attached hydrogens (tertiary/aromatic N) is 1. The first kappa shape index (κ1) is 15.2. The summed E-state index contributed by atoms with van der Waals surface area (Å²) in [5.74, 6) is 0. The van der Waals surface area contributed by atoms with Gasteiger partial charge in [-0.15, -0.1) is 0 Å². The van der Waals surface area contributed by atoms with Crippen molar-refractivity contribution in [2.24, 2.45) is 11.1 Å². The Bertz CT molecular complexity index is 290. The molecule has 0 aromatic rings. The zero-order valence-electron chi connectivity index (χ0n) is 12.2. The second-order valence-corrected chi connectivity index (χ2v) is 6.67. The minimum Gasteiger partial charge on any atom is -0.394 e. The van der Waals surface area contributed by atoms with Crippen molar-refractivity contribution in [1.29, 1.82) is 0 Å². The van der Waals surface area contributed by atoms with E-state index in [4.69, 9.17) is 15.2 Å². The third-order valence-corrected chi connectivity index (χ3v) is 4.30. The van der Waals surface area contributed by atoms with E-state index in [1.807, 2.05) is 0 Å². The van der Waals surface area contributed by atoms with Gasteiger partial charge in [-0.25, -0.2) is 0 Å². The molecule has 2 saturated heterocycles. The van der Waals surface area contributed by atoms with Crippen molar-refractivity contribution in [2.75, 3.05) is 46.0 Å². The summed E-state index contributed by atoms with van der Waals surface area (Å²) in [5.41, 5.74) is 6.00. The van der Waals surface area contributed by atoms with Crippen LogP contribution in [0.2, 0.25) is 0 Å². The van der Waals surface area contributed by atoms with Crippen molar-refractivity contribution >= 4 is 0 Å². The summed E-state index contributed by atoms with van der Waals surface area (Å²) in [6, 6.07) is 0. The smallest absolute Gasteiger partial charge is 0.0940 e. The molecule has 0 spiro atoms. The molecule has 5 nitrogen and oxygen atoms in total. The van der Waals surface area contributed by atoms with Gasteiger partial charge < -0.3 is 20.3 Å². The Morgan fingerprint density at radius 3 is 2.58 bits per heavy atom. The predicted molar refractivity (Wildman–Crippen MR) is 74.0 cm³/mol. The molecule has 3 N–H and O–H groups in total. The van der Waals surface area contributed by atoms with Crippen molar-refractivity contribution in [2.45, 2.75) is 38.4 Å². The van der Waals surface area contributed by atoms with E-state index in [0.29, 0.717) is 6.54 Å². The standard InChI is InChI=1S/C14H28N2O3/c1-13(2)10-16(7-12(8-17)19-13)11-14(9-15)3-5-18-6-4-14/h12,17H,3-11,15H2,1-2H3. The highest BCUT2D eigenvalue weighted by Crippen LogP contribution is 2.32. The maximum Gasteiger partial charge on any atom is 0.0940 e. The number of hydrogen-bond donors (Lipinski definition) is 2. The lowest BCUT2D eigenvalue weighted by atomic mass is 9.79. The summed E-state index contributed by atoms with van der Waals surface area (Å²) >= 11 is 0. The molecule has 0 amide bonds. The summed E-state index contributed by atoms with van der Waals surface area (Å²) in [6.45, 7) is 9.26.